The molecule has 0 fully saturated rings. The number of hydrogen-bond acceptors (Lipinski definition) is 6. The number of rotatable bonds is 6. The predicted molar refractivity (Wildman–Crippen MR) is 118 cm³/mol. The van der Waals surface area contributed by atoms with Crippen LogP contribution in [0.25, 0.3) is 10.8 Å². The minimum atomic E-state index is -0.264. The first-order valence-corrected chi connectivity index (χ1v) is 9.84. The molecule has 1 unspecified atom stereocenters. The predicted octanol–water partition coefficient (Wildman–Crippen LogP) is 3.68. The fourth-order valence-corrected chi connectivity index (χ4v) is 3.16. The first-order valence-electron chi connectivity index (χ1n) is 9.84. The van der Waals surface area contributed by atoms with Gasteiger partial charge in [-0.05, 0) is 54.5 Å². The van der Waals surface area contributed by atoms with Crippen LogP contribution in [0.3, 0.4) is 0 Å². The van der Waals surface area contributed by atoms with Crippen molar-refractivity contribution in [3.05, 3.63) is 52.6 Å². The van der Waals surface area contributed by atoms with Crippen LogP contribution in [0.15, 0.2) is 41.5 Å². The quantitative estimate of drug-likeness (QED) is 0.590. The molecule has 3 aromatic heterocycles. The van der Waals surface area contributed by atoms with Crippen molar-refractivity contribution >= 4 is 28.2 Å². The molecule has 1 atom stereocenters. The van der Waals surface area contributed by atoms with Crippen molar-refractivity contribution in [3.63, 3.8) is 0 Å². The first-order chi connectivity index (χ1) is 13.7. The van der Waals surface area contributed by atoms with Crippen LogP contribution in [0.2, 0.25) is 0 Å². The van der Waals surface area contributed by atoms with E-state index < -0.39 is 0 Å². The minimum Gasteiger partial charge on any atom is -0.394 e. The summed E-state index contributed by atoms with van der Waals surface area (Å²) in [6.07, 6.45) is 3.52. The van der Waals surface area contributed by atoms with E-state index in [1.807, 2.05) is 58.9 Å². The summed E-state index contributed by atoms with van der Waals surface area (Å²) in [6, 6.07) is 7.35. The van der Waals surface area contributed by atoms with E-state index in [0.29, 0.717) is 29.4 Å². The van der Waals surface area contributed by atoms with Gasteiger partial charge in [-0.1, -0.05) is 20.8 Å². The number of anilines is 3. The molecule has 29 heavy (non-hydrogen) atoms. The Hall–Kier alpha value is -2.93. The minimum absolute atomic E-state index is 0.0709. The lowest BCUT2D eigenvalue weighted by Crippen LogP contribution is -2.38. The van der Waals surface area contributed by atoms with Gasteiger partial charge in [0, 0.05) is 18.9 Å². The lowest BCUT2D eigenvalue weighted by atomic mass is 9.87. The van der Waals surface area contributed by atoms with Gasteiger partial charge in [0.1, 0.15) is 17.5 Å². The number of hydrogen-bond donors (Lipinski definition) is 3. The molecule has 0 amide bonds. The molecule has 0 aliphatic rings. The van der Waals surface area contributed by atoms with E-state index in [-0.39, 0.29) is 23.6 Å². The van der Waals surface area contributed by atoms with Crippen molar-refractivity contribution < 1.29 is 5.11 Å². The van der Waals surface area contributed by atoms with Crippen molar-refractivity contribution in [1.29, 1.82) is 0 Å². The second-order valence-corrected chi connectivity index (χ2v) is 8.32. The Morgan fingerprint density at radius 2 is 1.97 bits per heavy atom. The maximum atomic E-state index is 13.0. The SMILES string of the molecule is CCn1ccc2cc(Nc3cc(C)ccn3)nc(NC(CO)C(C)(C)C)c2c1=O. The summed E-state index contributed by atoms with van der Waals surface area (Å²) in [5.41, 5.74) is 0.759. The maximum absolute atomic E-state index is 13.0. The Labute approximate surface area is 170 Å². The normalized spacial score (nSPS) is 12.8. The van der Waals surface area contributed by atoms with E-state index in [2.05, 4.69) is 20.6 Å². The molecule has 0 saturated carbocycles. The molecule has 3 rings (SSSR count). The van der Waals surface area contributed by atoms with E-state index in [0.717, 1.165) is 10.9 Å². The summed E-state index contributed by atoms with van der Waals surface area (Å²) in [6.45, 7) is 10.5. The lowest BCUT2D eigenvalue weighted by Gasteiger charge is -2.30. The van der Waals surface area contributed by atoms with E-state index in [9.17, 15) is 9.90 Å². The number of aliphatic hydroxyl groups excluding tert-OH is 1. The number of pyridine rings is 3. The Morgan fingerprint density at radius 3 is 2.59 bits per heavy atom. The molecule has 3 aromatic rings. The van der Waals surface area contributed by atoms with Gasteiger partial charge < -0.3 is 20.3 Å². The Bertz CT molecular complexity index is 1070. The first kappa shape index (κ1) is 20.8. The van der Waals surface area contributed by atoms with Gasteiger partial charge in [0.15, 0.2) is 0 Å². The van der Waals surface area contributed by atoms with E-state index >= 15 is 0 Å². The molecule has 0 spiro atoms. The number of aliphatic hydroxyl groups is 1. The second kappa shape index (κ2) is 8.21. The standard InChI is InChI=1S/C22H29N5O2/c1-6-27-10-8-15-12-18(25-17-11-14(2)7-9-23-17)26-20(19(15)21(27)29)24-16(13-28)22(3,4)5/h7-12,16,28H,6,13H2,1-5H3,(H2,23,24,25,26). The summed E-state index contributed by atoms with van der Waals surface area (Å²) in [4.78, 5) is 22.0. The van der Waals surface area contributed by atoms with Crippen LogP contribution in [0.5, 0.6) is 0 Å². The van der Waals surface area contributed by atoms with Gasteiger partial charge in [0.05, 0.1) is 18.0 Å². The zero-order valence-electron chi connectivity index (χ0n) is 17.7. The number of fused-ring (bicyclic) bond motifs is 1. The van der Waals surface area contributed by atoms with Crippen LogP contribution >= 0.6 is 0 Å². The third kappa shape index (κ3) is 4.56. The zero-order chi connectivity index (χ0) is 21.2. The second-order valence-electron chi connectivity index (χ2n) is 8.32. The Morgan fingerprint density at radius 1 is 1.21 bits per heavy atom. The molecule has 7 nitrogen and oxygen atoms in total. The van der Waals surface area contributed by atoms with Crippen LogP contribution < -0.4 is 16.2 Å². The maximum Gasteiger partial charge on any atom is 0.262 e. The van der Waals surface area contributed by atoms with Gasteiger partial charge >= 0.3 is 0 Å². The largest absolute Gasteiger partial charge is 0.394 e. The molecule has 3 N–H and O–H groups in total. The summed E-state index contributed by atoms with van der Waals surface area (Å²) < 4.78 is 1.65. The van der Waals surface area contributed by atoms with Crippen molar-refractivity contribution in [2.45, 2.75) is 47.2 Å². The molecule has 3 heterocycles. The monoisotopic (exact) mass is 395 g/mol. The molecule has 0 radical (unpaired) electrons. The molecule has 0 aliphatic carbocycles. The van der Waals surface area contributed by atoms with Crippen molar-refractivity contribution in [2.24, 2.45) is 5.41 Å². The van der Waals surface area contributed by atoms with Crippen LogP contribution in [-0.2, 0) is 6.54 Å². The molecular weight excluding hydrogens is 366 g/mol. The average Bonchev–Trinajstić information content (AvgIpc) is 2.65. The highest BCUT2D eigenvalue weighted by Crippen LogP contribution is 2.28. The molecule has 0 aromatic carbocycles. The van der Waals surface area contributed by atoms with Gasteiger partial charge in [0.2, 0.25) is 0 Å². The molecule has 0 aliphatic heterocycles. The summed E-state index contributed by atoms with van der Waals surface area (Å²) >= 11 is 0. The third-order valence-electron chi connectivity index (χ3n) is 5.01. The highest BCUT2D eigenvalue weighted by molar-refractivity contribution is 5.93. The smallest absolute Gasteiger partial charge is 0.262 e. The van der Waals surface area contributed by atoms with E-state index in [4.69, 9.17) is 0 Å². The number of aromatic nitrogens is 3. The number of nitrogens with zero attached hydrogens (tertiary/aromatic N) is 3. The van der Waals surface area contributed by atoms with Gasteiger partial charge in [0.25, 0.3) is 5.56 Å². The van der Waals surface area contributed by atoms with Gasteiger partial charge in [-0.3, -0.25) is 4.79 Å². The van der Waals surface area contributed by atoms with Gasteiger partial charge in [-0.25, -0.2) is 9.97 Å². The topological polar surface area (TPSA) is 92.1 Å². The molecule has 0 bridgehead atoms. The van der Waals surface area contributed by atoms with Crippen LogP contribution in [0, 0.1) is 12.3 Å². The Kier molecular flexibility index (Phi) is 5.88. The van der Waals surface area contributed by atoms with Crippen LogP contribution in [-0.4, -0.2) is 32.3 Å². The average molecular weight is 396 g/mol. The van der Waals surface area contributed by atoms with Crippen molar-refractivity contribution in [1.82, 2.24) is 14.5 Å². The molecule has 154 valence electrons. The summed E-state index contributed by atoms with van der Waals surface area (Å²) in [5.74, 6) is 1.72. The molecule has 0 saturated heterocycles. The highest BCUT2D eigenvalue weighted by Gasteiger charge is 2.25. The Balaban J connectivity index is 2.14. The van der Waals surface area contributed by atoms with Gasteiger partial charge in [-0.2, -0.15) is 0 Å². The van der Waals surface area contributed by atoms with Crippen LogP contribution in [0.1, 0.15) is 33.3 Å². The van der Waals surface area contributed by atoms with Gasteiger partial charge in [-0.15, -0.1) is 0 Å². The van der Waals surface area contributed by atoms with E-state index in [1.165, 1.54) is 0 Å². The lowest BCUT2D eigenvalue weighted by molar-refractivity contribution is 0.202. The summed E-state index contributed by atoms with van der Waals surface area (Å²) in [7, 11) is 0. The highest BCUT2D eigenvalue weighted by atomic mass is 16.3. The summed E-state index contributed by atoms with van der Waals surface area (Å²) in [5, 5.41) is 17.7. The number of aryl methyl sites for hydroxylation is 2. The zero-order valence-corrected chi connectivity index (χ0v) is 17.7. The van der Waals surface area contributed by atoms with E-state index in [1.54, 1.807) is 17.0 Å². The third-order valence-corrected chi connectivity index (χ3v) is 5.01. The number of nitrogens with one attached hydrogen (secondary N) is 2. The molecule has 7 heteroatoms. The fourth-order valence-electron chi connectivity index (χ4n) is 3.16. The van der Waals surface area contributed by atoms with Crippen molar-refractivity contribution in [3.8, 4) is 0 Å². The van der Waals surface area contributed by atoms with Crippen LogP contribution in [0.4, 0.5) is 17.5 Å². The molecular formula is C22H29N5O2. The van der Waals surface area contributed by atoms with Crippen molar-refractivity contribution in [2.75, 3.05) is 17.2 Å². The fraction of sp³-hybridized carbons (Fsp3) is 0.409.